The van der Waals surface area contributed by atoms with Gasteiger partial charge in [-0.3, -0.25) is 4.79 Å². The van der Waals surface area contributed by atoms with Crippen molar-refractivity contribution in [3.8, 4) is 0 Å². The van der Waals surface area contributed by atoms with E-state index in [1.54, 1.807) is 5.51 Å². The highest BCUT2D eigenvalue weighted by Gasteiger charge is 2.29. The third-order valence-electron chi connectivity index (χ3n) is 2.69. The van der Waals surface area contributed by atoms with Crippen molar-refractivity contribution < 1.29 is 4.79 Å². The number of amides is 1. The molecule has 0 unspecified atom stereocenters. The Kier molecular flexibility index (Phi) is 3.05. The molecular formula is C11H16N2OS. The summed E-state index contributed by atoms with van der Waals surface area (Å²) in [7, 11) is 0. The Morgan fingerprint density at radius 3 is 2.87 bits per heavy atom. The van der Waals surface area contributed by atoms with Crippen molar-refractivity contribution in [3.05, 3.63) is 16.6 Å². The van der Waals surface area contributed by atoms with Crippen LogP contribution in [0.1, 0.15) is 37.2 Å². The van der Waals surface area contributed by atoms with E-state index in [2.05, 4.69) is 18.8 Å². The van der Waals surface area contributed by atoms with Crippen LogP contribution in [-0.4, -0.2) is 28.4 Å². The van der Waals surface area contributed by atoms with Crippen LogP contribution < -0.4 is 0 Å². The van der Waals surface area contributed by atoms with Crippen LogP contribution in [0, 0.1) is 5.92 Å². The van der Waals surface area contributed by atoms with Crippen LogP contribution in [0.25, 0.3) is 0 Å². The van der Waals surface area contributed by atoms with Crippen molar-refractivity contribution in [1.29, 1.82) is 0 Å². The molecule has 1 amide bonds. The quantitative estimate of drug-likeness (QED) is 0.787. The number of aromatic nitrogens is 1. The lowest BCUT2D eigenvalue weighted by Gasteiger charge is -2.25. The zero-order chi connectivity index (χ0) is 10.8. The number of rotatable bonds is 4. The topological polar surface area (TPSA) is 33.2 Å². The molecule has 0 bridgehead atoms. The third kappa shape index (κ3) is 2.56. The second-order valence-electron chi connectivity index (χ2n) is 4.37. The minimum Gasteiger partial charge on any atom is -0.335 e. The van der Waals surface area contributed by atoms with E-state index in [9.17, 15) is 4.79 Å². The summed E-state index contributed by atoms with van der Waals surface area (Å²) < 4.78 is 0. The van der Waals surface area contributed by atoms with Gasteiger partial charge in [-0.2, -0.15) is 0 Å². The average molecular weight is 224 g/mol. The van der Waals surface area contributed by atoms with Gasteiger partial charge in [0.05, 0.1) is 5.51 Å². The Labute approximate surface area is 94.1 Å². The fourth-order valence-corrected chi connectivity index (χ4v) is 2.10. The van der Waals surface area contributed by atoms with Crippen molar-refractivity contribution in [2.45, 2.75) is 32.7 Å². The first kappa shape index (κ1) is 10.6. The van der Waals surface area contributed by atoms with Gasteiger partial charge in [-0.25, -0.2) is 4.98 Å². The van der Waals surface area contributed by atoms with Crippen molar-refractivity contribution >= 4 is 17.2 Å². The lowest BCUT2D eigenvalue weighted by molar-refractivity contribution is 0.0691. The Morgan fingerprint density at radius 2 is 2.40 bits per heavy atom. The van der Waals surface area contributed by atoms with Crippen LogP contribution in [0.2, 0.25) is 0 Å². The molecule has 0 saturated heterocycles. The van der Waals surface area contributed by atoms with Gasteiger partial charge in [-0.1, -0.05) is 0 Å². The monoisotopic (exact) mass is 224 g/mol. The van der Waals surface area contributed by atoms with Gasteiger partial charge in [-0.05, 0) is 32.6 Å². The molecule has 0 aliphatic heterocycles. The number of carbonyl (C=O) groups excluding carboxylic acids is 1. The summed E-state index contributed by atoms with van der Waals surface area (Å²) in [6.45, 7) is 5.02. The van der Waals surface area contributed by atoms with Crippen LogP contribution in [0.3, 0.4) is 0 Å². The Hall–Kier alpha value is -0.900. The molecule has 0 radical (unpaired) electrons. The third-order valence-corrected chi connectivity index (χ3v) is 3.27. The van der Waals surface area contributed by atoms with Gasteiger partial charge in [0, 0.05) is 18.0 Å². The fourth-order valence-electron chi connectivity index (χ4n) is 1.57. The molecular weight excluding hydrogens is 208 g/mol. The molecule has 1 saturated carbocycles. The second-order valence-corrected chi connectivity index (χ2v) is 5.09. The first-order valence-electron chi connectivity index (χ1n) is 5.37. The number of thiazole rings is 1. The normalized spacial score (nSPS) is 15.7. The highest BCUT2D eigenvalue weighted by Crippen LogP contribution is 2.30. The summed E-state index contributed by atoms with van der Waals surface area (Å²) in [5.41, 5.74) is 2.30. The SMILES string of the molecule is CC(C)N(CC1CC1)C(=O)c1cscn1. The van der Waals surface area contributed by atoms with Crippen molar-refractivity contribution in [2.75, 3.05) is 6.54 Å². The Morgan fingerprint density at radius 1 is 1.67 bits per heavy atom. The molecule has 3 nitrogen and oxygen atoms in total. The first-order chi connectivity index (χ1) is 7.18. The van der Waals surface area contributed by atoms with Crippen molar-refractivity contribution in [3.63, 3.8) is 0 Å². The van der Waals surface area contributed by atoms with Crippen LogP contribution in [0.5, 0.6) is 0 Å². The second kappa shape index (κ2) is 4.31. The average Bonchev–Trinajstić information content (AvgIpc) is 2.84. The number of hydrogen-bond donors (Lipinski definition) is 0. The smallest absolute Gasteiger partial charge is 0.273 e. The van der Waals surface area contributed by atoms with E-state index in [0.29, 0.717) is 5.69 Å². The summed E-state index contributed by atoms with van der Waals surface area (Å²) in [5, 5.41) is 1.82. The molecule has 1 aromatic heterocycles. The van der Waals surface area contributed by atoms with Gasteiger partial charge >= 0.3 is 0 Å². The van der Waals surface area contributed by atoms with Gasteiger partial charge in [-0.15, -0.1) is 11.3 Å². The van der Waals surface area contributed by atoms with E-state index < -0.39 is 0 Å². The van der Waals surface area contributed by atoms with E-state index in [4.69, 9.17) is 0 Å². The number of nitrogens with zero attached hydrogens (tertiary/aromatic N) is 2. The molecule has 1 aliphatic carbocycles. The van der Waals surface area contributed by atoms with Crippen LogP contribution >= 0.6 is 11.3 Å². The molecule has 82 valence electrons. The maximum absolute atomic E-state index is 12.1. The highest BCUT2D eigenvalue weighted by molar-refractivity contribution is 7.07. The van der Waals surface area contributed by atoms with Crippen molar-refractivity contribution in [1.82, 2.24) is 9.88 Å². The zero-order valence-electron chi connectivity index (χ0n) is 9.14. The van der Waals surface area contributed by atoms with Gasteiger partial charge in [0.25, 0.3) is 5.91 Å². The standard InChI is InChI=1S/C11H16N2OS/c1-8(2)13(5-9-3-4-9)11(14)10-6-15-7-12-10/h6-9H,3-5H2,1-2H3. The van der Waals surface area contributed by atoms with Crippen molar-refractivity contribution in [2.24, 2.45) is 5.92 Å². The molecule has 0 atom stereocenters. The van der Waals surface area contributed by atoms with E-state index in [1.807, 2.05) is 10.3 Å². The summed E-state index contributed by atoms with van der Waals surface area (Å²) >= 11 is 1.47. The molecule has 2 rings (SSSR count). The molecule has 0 N–H and O–H groups in total. The summed E-state index contributed by atoms with van der Waals surface area (Å²) in [6, 6.07) is 0.264. The van der Waals surface area contributed by atoms with Gasteiger partial charge in [0.15, 0.2) is 0 Å². The van der Waals surface area contributed by atoms with Crippen LogP contribution in [0.4, 0.5) is 0 Å². The van der Waals surface area contributed by atoms with Gasteiger partial charge in [0.2, 0.25) is 0 Å². The van der Waals surface area contributed by atoms with E-state index in [-0.39, 0.29) is 11.9 Å². The molecule has 15 heavy (non-hydrogen) atoms. The predicted octanol–water partition coefficient (Wildman–Crippen LogP) is 2.40. The Bertz CT molecular complexity index is 330. The van der Waals surface area contributed by atoms with E-state index >= 15 is 0 Å². The maximum Gasteiger partial charge on any atom is 0.273 e. The van der Waals surface area contributed by atoms with Crippen LogP contribution in [0.15, 0.2) is 10.9 Å². The summed E-state index contributed by atoms with van der Waals surface area (Å²) in [4.78, 5) is 18.1. The predicted molar refractivity (Wildman–Crippen MR) is 61.0 cm³/mol. The highest BCUT2D eigenvalue weighted by atomic mass is 32.1. The van der Waals surface area contributed by atoms with Gasteiger partial charge in [0.1, 0.15) is 5.69 Å². The number of carbonyl (C=O) groups is 1. The lowest BCUT2D eigenvalue weighted by atomic mass is 10.2. The lowest BCUT2D eigenvalue weighted by Crippen LogP contribution is -2.38. The minimum absolute atomic E-state index is 0.0816. The van der Waals surface area contributed by atoms with Gasteiger partial charge < -0.3 is 4.90 Å². The largest absolute Gasteiger partial charge is 0.335 e. The molecule has 4 heteroatoms. The molecule has 1 fully saturated rings. The fraction of sp³-hybridized carbons (Fsp3) is 0.636. The summed E-state index contributed by atoms with van der Waals surface area (Å²) in [5.74, 6) is 0.813. The summed E-state index contributed by atoms with van der Waals surface area (Å²) in [6.07, 6.45) is 2.54. The molecule has 0 spiro atoms. The molecule has 1 heterocycles. The molecule has 0 aromatic carbocycles. The van der Waals surface area contributed by atoms with E-state index in [0.717, 1.165) is 12.5 Å². The van der Waals surface area contributed by atoms with Crippen LogP contribution in [-0.2, 0) is 0 Å². The van der Waals surface area contributed by atoms with E-state index in [1.165, 1.54) is 24.2 Å². The zero-order valence-corrected chi connectivity index (χ0v) is 9.96. The minimum atomic E-state index is 0.0816. The number of hydrogen-bond acceptors (Lipinski definition) is 3. The first-order valence-corrected chi connectivity index (χ1v) is 6.32. The molecule has 1 aliphatic rings. The maximum atomic E-state index is 12.1. The Balaban J connectivity index is 2.06. The molecule has 1 aromatic rings.